The Kier molecular flexibility index (Phi) is 6.45. The van der Waals surface area contributed by atoms with Crippen LogP contribution in [0, 0.1) is 6.92 Å². The van der Waals surface area contributed by atoms with E-state index in [-0.39, 0.29) is 0 Å². The van der Waals surface area contributed by atoms with Crippen molar-refractivity contribution in [2.75, 3.05) is 25.5 Å². The molecular formula is C20H26N6O4S2. The van der Waals surface area contributed by atoms with Crippen molar-refractivity contribution in [2.45, 2.75) is 49.0 Å². The van der Waals surface area contributed by atoms with Gasteiger partial charge in [0.05, 0.1) is 5.25 Å². The van der Waals surface area contributed by atoms with E-state index in [1.807, 2.05) is 23.6 Å². The zero-order valence-corrected chi connectivity index (χ0v) is 19.8. The third-order valence-electron chi connectivity index (χ3n) is 5.05. The smallest absolute Gasteiger partial charge is 0.213 e. The fourth-order valence-electron chi connectivity index (χ4n) is 3.21. The normalized spacial score (nSPS) is 13.8. The first kappa shape index (κ1) is 22.6. The summed E-state index contributed by atoms with van der Waals surface area (Å²) in [6.07, 6.45) is 1.97. The predicted octanol–water partition coefficient (Wildman–Crippen LogP) is 2.36. The lowest BCUT2D eigenvalue weighted by atomic mass is 10.2. The number of ether oxygens (including phenoxy) is 2. The summed E-state index contributed by atoms with van der Waals surface area (Å²) in [5.41, 5.74) is 8.20. The minimum atomic E-state index is -3.31. The molecule has 3 N–H and O–H groups in total. The molecule has 0 amide bonds. The number of nitrogens with one attached hydrogen (secondary N) is 1. The third-order valence-corrected chi connectivity index (χ3v) is 8.05. The maximum absolute atomic E-state index is 12.0. The van der Waals surface area contributed by atoms with E-state index in [0.717, 1.165) is 16.2 Å². The molecule has 0 atom stereocenters. The van der Waals surface area contributed by atoms with E-state index in [2.05, 4.69) is 19.7 Å². The highest BCUT2D eigenvalue weighted by Gasteiger charge is 2.20. The first-order valence-corrected chi connectivity index (χ1v) is 12.7. The van der Waals surface area contributed by atoms with Gasteiger partial charge in [-0.2, -0.15) is 0 Å². The number of imidazole rings is 1. The summed E-state index contributed by atoms with van der Waals surface area (Å²) in [7, 11) is -3.31. The van der Waals surface area contributed by atoms with Crippen LogP contribution >= 0.6 is 11.8 Å². The number of aryl methyl sites for hydroxylation is 2. The Balaban J connectivity index is 1.61. The first-order valence-electron chi connectivity index (χ1n) is 10.3. The second-order valence-corrected chi connectivity index (χ2v) is 11.0. The molecule has 0 bridgehead atoms. The molecule has 1 aliphatic heterocycles. The number of hydrogen-bond donors (Lipinski definition) is 2. The molecule has 172 valence electrons. The van der Waals surface area contributed by atoms with Crippen LogP contribution in [0.1, 0.15) is 25.8 Å². The van der Waals surface area contributed by atoms with Gasteiger partial charge in [-0.25, -0.2) is 28.1 Å². The predicted molar refractivity (Wildman–Crippen MR) is 123 cm³/mol. The first-order chi connectivity index (χ1) is 15.3. The van der Waals surface area contributed by atoms with Crippen molar-refractivity contribution >= 4 is 38.8 Å². The van der Waals surface area contributed by atoms with E-state index in [9.17, 15) is 8.42 Å². The number of rotatable bonds is 8. The lowest BCUT2D eigenvalue weighted by molar-refractivity contribution is 0.171. The number of nitrogen functional groups attached to an aromatic ring is 1. The van der Waals surface area contributed by atoms with Crippen molar-refractivity contribution in [3.8, 4) is 11.5 Å². The van der Waals surface area contributed by atoms with Crippen LogP contribution in [0.2, 0.25) is 0 Å². The molecule has 0 aliphatic carbocycles. The van der Waals surface area contributed by atoms with Gasteiger partial charge in [0.25, 0.3) is 0 Å². The van der Waals surface area contributed by atoms with Crippen LogP contribution in [0.3, 0.4) is 0 Å². The molecular weight excluding hydrogens is 452 g/mol. The second-order valence-electron chi connectivity index (χ2n) is 7.68. The standard InChI is InChI=1S/C20H26N6O4S2/c1-12(2)32(27,28)24-5-4-6-26-19-17(18(21)22-11-23-19)25-20(26)31-16-10-15-14(9-13(16)3)29-7-8-30-15/h9-12,24H,4-8H2,1-3H3,(H2,21,22,23). The largest absolute Gasteiger partial charge is 0.486 e. The van der Waals surface area contributed by atoms with E-state index in [1.54, 1.807) is 13.8 Å². The minimum absolute atomic E-state index is 0.301. The van der Waals surface area contributed by atoms with E-state index in [0.29, 0.717) is 60.6 Å². The van der Waals surface area contributed by atoms with Crippen molar-refractivity contribution in [2.24, 2.45) is 0 Å². The average Bonchev–Trinajstić information content (AvgIpc) is 3.10. The molecule has 4 rings (SSSR count). The van der Waals surface area contributed by atoms with Crippen LogP contribution in [-0.4, -0.2) is 52.9 Å². The molecule has 12 heteroatoms. The summed E-state index contributed by atoms with van der Waals surface area (Å²) >= 11 is 1.47. The SMILES string of the molecule is Cc1cc2c(cc1Sc1nc3c(N)ncnc3n1CCCNS(=O)(=O)C(C)C)OCCO2. The highest BCUT2D eigenvalue weighted by molar-refractivity contribution is 7.99. The monoisotopic (exact) mass is 478 g/mol. The van der Waals surface area contributed by atoms with Crippen molar-refractivity contribution < 1.29 is 17.9 Å². The summed E-state index contributed by atoms with van der Waals surface area (Å²) in [6.45, 7) is 7.17. The van der Waals surface area contributed by atoms with Crippen LogP contribution in [0.4, 0.5) is 5.82 Å². The number of anilines is 1. The topological polar surface area (TPSA) is 134 Å². The Labute approximate surface area is 191 Å². The summed E-state index contributed by atoms with van der Waals surface area (Å²) < 4.78 is 40.0. The number of benzene rings is 1. The summed E-state index contributed by atoms with van der Waals surface area (Å²) in [4.78, 5) is 14.1. The highest BCUT2D eigenvalue weighted by Crippen LogP contribution is 2.40. The zero-order chi connectivity index (χ0) is 22.9. The molecule has 1 aromatic carbocycles. The molecule has 0 fully saturated rings. The van der Waals surface area contributed by atoms with Gasteiger partial charge in [-0.3, -0.25) is 0 Å². The van der Waals surface area contributed by atoms with Gasteiger partial charge in [0.15, 0.2) is 33.6 Å². The molecule has 3 aromatic rings. The second kappa shape index (κ2) is 9.12. The summed E-state index contributed by atoms with van der Waals surface area (Å²) in [5.74, 6) is 1.74. The zero-order valence-electron chi connectivity index (χ0n) is 18.2. The lowest BCUT2D eigenvalue weighted by Gasteiger charge is -2.20. The van der Waals surface area contributed by atoms with Crippen LogP contribution in [-0.2, 0) is 16.6 Å². The van der Waals surface area contributed by atoms with Gasteiger partial charge in [-0.15, -0.1) is 0 Å². The number of aromatic nitrogens is 4. The number of hydrogen-bond acceptors (Lipinski definition) is 9. The Morgan fingerprint density at radius 2 is 1.94 bits per heavy atom. The fraction of sp³-hybridized carbons (Fsp3) is 0.450. The highest BCUT2D eigenvalue weighted by atomic mass is 32.2. The molecule has 1 aliphatic rings. The third kappa shape index (κ3) is 4.62. The van der Waals surface area contributed by atoms with Gasteiger partial charge in [0, 0.05) is 18.0 Å². The fourth-order valence-corrected chi connectivity index (χ4v) is 4.98. The number of nitrogens with two attached hydrogens (primary N) is 1. The van der Waals surface area contributed by atoms with Gasteiger partial charge in [0.2, 0.25) is 10.0 Å². The van der Waals surface area contributed by atoms with Crippen LogP contribution in [0.15, 0.2) is 28.5 Å². The summed E-state index contributed by atoms with van der Waals surface area (Å²) in [5, 5.41) is 0.215. The van der Waals surface area contributed by atoms with Crippen molar-refractivity contribution in [3.05, 3.63) is 24.0 Å². The van der Waals surface area contributed by atoms with Gasteiger partial charge in [0.1, 0.15) is 19.5 Å². The Bertz CT molecular complexity index is 1240. The average molecular weight is 479 g/mol. The molecule has 0 unspecified atom stereocenters. The van der Waals surface area contributed by atoms with Crippen LogP contribution < -0.4 is 19.9 Å². The lowest BCUT2D eigenvalue weighted by Crippen LogP contribution is -2.31. The van der Waals surface area contributed by atoms with Gasteiger partial charge < -0.3 is 19.8 Å². The van der Waals surface area contributed by atoms with E-state index in [4.69, 9.17) is 15.2 Å². The maximum Gasteiger partial charge on any atom is 0.213 e. The Morgan fingerprint density at radius 3 is 2.66 bits per heavy atom. The number of nitrogens with zero attached hydrogens (tertiary/aromatic N) is 4. The van der Waals surface area contributed by atoms with Crippen LogP contribution in [0.5, 0.6) is 11.5 Å². The maximum atomic E-state index is 12.0. The van der Waals surface area contributed by atoms with E-state index < -0.39 is 15.3 Å². The van der Waals surface area contributed by atoms with E-state index in [1.165, 1.54) is 18.1 Å². The van der Waals surface area contributed by atoms with Crippen molar-refractivity contribution in [1.29, 1.82) is 0 Å². The van der Waals surface area contributed by atoms with Crippen molar-refractivity contribution in [1.82, 2.24) is 24.2 Å². The molecule has 32 heavy (non-hydrogen) atoms. The molecule has 2 aromatic heterocycles. The molecule has 0 radical (unpaired) electrons. The number of fused-ring (bicyclic) bond motifs is 2. The summed E-state index contributed by atoms with van der Waals surface area (Å²) in [6, 6.07) is 3.91. The minimum Gasteiger partial charge on any atom is -0.486 e. The van der Waals surface area contributed by atoms with Crippen molar-refractivity contribution in [3.63, 3.8) is 0 Å². The van der Waals surface area contributed by atoms with Gasteiger partial charge in [-0.05, 0) is 44.9 Å². The van der Waals surface area contributed by atoms with Crippen LogP contribution in [0.25, 0.3) is 11.2 Å². The number of sulfonamides is 1. The Morgan fingerprint density at radius 1 is 1.22 bits per heavy atom. The molecule has 0 saturated heterocycles. The molecule has 0 spiro atoms. The van der Waals surface area contributed by atoms with Gasteiger partial charge >= 0.3 is 0 Å². The van der Waals surface area contributed by atoms with Gasteiger partial charge in [-0.1, -0.05) is 11.8 Å². The Hall–Kier alpha value is -2.57. The molecule has 0 saturated carbocycles. The molecule has 3 heterocycles. The molecule has 10 nitrogen and oxygen atoms in total. The quantitative estimate of drug-likeness (QED) is 0.468. The van der Waals surface area contributed by atoms with E-state index >= 15 is 0 Å².